The lowest BCUT2D eigenvalue weighted by molar-refractivity contribution is 0.292. The Morgan fingerprint density at radius 3 is 2.35 bits per heavy atom. The Kier molecular flexibility index (Phi) is 3.43. The highest BCUT2D eigenvalue weighted by atomic mass is 15.1. The van der Waals surface area contributed by atoms with E-state index in [1.807, 2.05) is 0 Å². The van der Waals surface area contributed by atoms with Crippen molar-refractivity contribution in [3.8, 4) is 0 Å². The quantitative estimate of drug-likeness (QED) is 0.905. The van der Waals surface area contributed by atoms with E-state index in [4.69, 9.17) is 0 Å². The second-order valence-electron chi connectivity index (χ2n) is 7.04. The third-order valence-electron chi connectivity index (χ3n) is 5.80. The summed E-state index contributed by atoms with van der Waals surface area (Å²) in [4.78, 5) is 2.54. The lowest BCUT2D eigenvalue weighted by atomic mass is 9.93. The number of hydrogen-bond acceptors (Lipinski definition) is 2. The van der Waals surface area contributed by atoms with Crippen LogP contribution in [0.1, 0.15) is 38.5 Å². The molecule has 3 unspecified atom stereocenters. The average molecular weight is 270 g/mol. The lowest BCUT2D eigenvalue weighted by Gasteiger charge is -2.36. The Morgan fingerprint density at radius 2 is 1.70 bits per heavy atom. The number of rotatable bonds is 3. The summed E-state index contributed by atoms with van der Waals surface area (Å²) in [6.45, 7) is 2.42. The number of piperidine rings is 1. The van der Waals surface area contributed by atoms with Gasteiger partial charge in [-0.1, -0.05) is 24.6 Å². The minimum atomic E-state index is 0.763. The molecule has 0 aromatic heterocycles. The van der Waals surface area contributed by atoms with Crippen molar-refractivity contribution in [3.63, 3.8) is 0 Å². The molecule has 108 valence electrons. The molecule has 2 heteroatoms. The minimum absolute atomic E-state index is 0.763. The molecule has 20 heavy (non-hydrogen) atoms. The first-order valence-corrected chi connectivity index (χ1v) is 8.44. The van der Waals surface area contributed by atoms with Gasteiger partial charge in [0.1, 0.15) is 0 Å². The summed E-state index contributed by atoms with van der Waals surface area (Å²) in [5.41, 5.74) is 1.39. The summed E-state index contributed by atoms with van der Waals surface area (Å²) in [7, 11) is 0. The first kappa shape index (κ1) is 12.7. The number of para-hydroxylation sites is 1. The minimum Gasteiger partial charge on any atom is -0.371 e. The Morgan fingerprint density at radius 1 is 0.900 bits per heavy atom. The van der Waals surface area contributed by atoms with Gasteiger partial charge in [-0.25, -0.2) is 0 Å². The zero-order valence-electron chi connectivity index (χ0n) is 12.3. The van der Waals surface area contributed by atoms with Crippen LogP contribution in [0.4, 0.5) is 5.69 Å². The van der Waals surface area contributed by atoms with E-state index in [0.29, 0.717) is 0 Å². The summed E-state index contributed by atoms with van der Waals surface area (Å²) in [6.07, 6.45) is 8.59. The predicted octanol–water partition coefficient (Wildman–Crippen LogP) is 3.43. The van der Waals surface area contributed by atoms with Crippen LogP contribution in [0.25, 0.3) is 0 Å². The molecule has 3 fully saturated rings. The van der Waals surface area contributed by atoms with Crippen molar-refractivity contribution in [2.45, 2.75) is 50.6 Å². The van der Waals surface area contributed by atoms with Crippen molar-refractivity contribution in [3.05, 3.63) is 30.3 Å². The van der Waals surface area contributed by atoms with E-state index in [0.717, 1.165) is 23.9 Å². The second-order valence-corrected chi connectivity index (χ2v) is 7.04. The fourth-order valence-electron chi connectivity index (χ4n) is 4.69. The van der Waals surface area contributed by atoms with Crippen LogP contribution in [0, 0.1) is 11.8 Å². The summed E-state index contributed by atoms with van der Waals surface area (Å²) < 4.78 is 0. The van der Waals surface area contributed by atoms with Crippen molar-refractivity contribution in [2.75, 3.05) is 18.0 Å². The summed E-state index contributed by atoms with van der Waals surface area (Å²) in [6, 6.07) is 12.5. The fraction of sp³-hybridized carbons (Fsp3) is 0.667. The molecule has 0 amide bonds. The number of fused-ring (bicyclic) bond motifs is 2. The van der Waals surface area contributed by atoms with Gasteiger partial charge in [0.05, 0.1) is 0 Å². The number of hydrogen-bond donors (Lipinski definition) is 1. The zero-order valence-corrected chi connectivity index (χ0v) is 12.3. The van der Waals surface area contributed by atoms with Crippen molar-refractivity contribution in [1.82, 2.24) is 5.32 Å². The van der Waals surface area contributed by atoms with Gasteiger partial charge in [-0.05, 0) is 56.1 Å². The second kappa shape index (κ2) is 5.40. The molecule has 0 spiro atoms. The highest BCUT2D eigenvalue weighted by Crippen LogP contribution is 2.44. The van der Waals surface area contributed by atoms with Crippen LogP contribution in [0.5, 0.6) is 0 Å². The Labute approximate surface area is 122 Å². The van der Waals surface area contributed by atoms with E-state index in [9.17, 15) is 0 Å². The molecule has 0 radical (unpaired) electrons. The topological polar surface area (TPSA) is 15.3 Å². The number of nitrogens with zero attached hydrogens (tertiary/aromatic N) is 1. The highest BCUT2D eigenvalue weighted by Gasteiger charge is 2.40. The Balaban J connectivity index is 1.29. The first-order valence-electron chi connectivity index (χ1n) is 8.44. The van der Waals surface area contributed by atoms with Crippen LogP contribution in [-0.2, 0) is 0 Å². The van der Waals surface area contributed by atoms with E-state index >= 15 is 0 Å². The van der Waals surface area contributed by atoms with E-state index in [1.54, 1.807) is 0 Å². The maximum Gasteiger partial charge on any atom is 0.0366 e. The third-order valence-corrected chi connectivity index (χ3v) is 5.80. The van der Waals surface area contributed by atoms with Crippen LogP contribution in [0.3, 0.4) is 0 Å². The highest BCUT2D eigenvalue weighted by molar-refractivity contribution is 5.46. The van der Waals surface area contributed by atoms with Gasteiger partial charge in [0.15, 0.2) is 0 Å². The van der Waals surface area contributed by atoms with Crippen LogP contribution in [0.2, 0.25) is 0 Å². The normalized spacial score (nSPS) is 33.8. The third kappa shape index (κ3) is 2.46. The molecule has 1 saturated heterocycles. The standard InChI is InChI=1S/C18H26N2/c1-2-4-17(5-3-1)20-10-8-16(9-11-20)19-18-13-14-6-7-15(18)12-14/h1-5,14-16,18-19H,6-13H2. The maximum absolute atomic E-state index is 3.99. The summed E-state index contributed by atoms with van der Waals surface area (Å²) in [5, 5.41) is 3.99. The van der Waals surface area contributed by atoms with Crippen molar-refractivity contribution >= 4 is 5.69 Å². The Hall–Kier alpha value is -1.02. The van der Waals surface area contributed by atoms with E-state index in [-0.39, 0.29) is 0 Å². The molecule has 1 N–H and O–H groups in total. The number of anilines is 1. The molecule has 2 bridgehead atoms. The van der Waals surface area contributed by atoms with Gasteiger partial charge >= 0.3 is 0 Å². The maximum atomic E-state index is 3.99. The van der Waals surface area contributed by atoms with Gasteiger partial charge < -0.3 is 10.2 Å². The molecular weight excluding hydrogens is 244 g/mol. The fourth-order valence-corrected chi connectivity index (χ4v) is 4.69. The molecule has 3 aliphatic rings. The molecule has 2 aliphatic carbocycles. The van der Waals surface area contributed by atoms with Crippen LogP contribution in [0.15, 0.2) is 30.3 Å². The molecule has 1 aliphatic heterocycles. The largest absolute Gasteiger partial charge is 0.371 e. The van der Waals surface area contributed by atoms with Gasteiger partial charge in [0, 0.05) is 30.9 Å². The van der Waals surface area contributed by atoms with Gasteiger partial charge in [-0.2, -0.15) is 0 Å². The van der Waals surface area contributed by atoms with Crippen LogP contribution < -0.4 is 10.2 Å². The van der Waals surface area contributed by atoms with E-state index < -0.39 is 0 Å². The average Bonchev–Trinajstić information content (AvgIpc) is 3.12. The monoisotopic (exact) mass is 270 g/mol. The predicted molar refractivity (Wildman–Crippen MR) is 84.0 cm³/mol. The number of benzene rings is 1. The van der Waals surface area contributed by atoms with Crippen molar-refractivity contribution < 1.29 is 0 Å². The molecule has 1 aromatic carbocycles. The van der Waals surface area contributed by atoms with Crippen molar-refractivity contribution in [1.29, 1.82) is 0 Å². The van der Waals surface area contributed by atoms with Crippen LogP contribution in [-0.4, -0.2) is 25.2 Å². The lowest BCUT2D eigenvalue weighted by Crippen LogP contribution is -2.47. The van der Waals surface area contributed by atoms with E-state index in [2.05, 4.69) is 40.5 Å². The first-order chi connectivity index (χ1) is 9.88. The van der Waals surface area contributed by atoms with Crippen molar-refractivity contribution in [2.24, 2.45) is 11.8 Å². The molecule has 2 nitrogen and oxygen atoms in total. The van der Waals surface area contributed by atoms with Gasteiger partial charge in [0.2, 0.25) is 0 Å². The van der Waals surface area contributed by atoms with E-state index in [1.165, 1.54) is 57.3 Å². The summed E-state index contributed by atoms with van der Waals surface area (Å²) >= 11 is 0. The van der Waals surface area contributed by atoms with Gasteiger partial charge in [-0.3, -0.25) is 0 Å². The van der Waals surface area contributed by atoms with Crippen LogP contribution >= 0.6 is 0 Å². The molecular formula is C18H26N2. The molecule has 2 saturated carbocycles. The SMILES string of the molecule is c1ccc(N2CCC(NC3CC4CCC3C4)CC2)cc1. The zero-order chi connectivity index (χ0) is 13.4. The number of nitrogens with one attached hydrogen (secondary N) is 1. The van der Waals surface area contributed by atoms with Gasteiger partial charge in [0.25, 0.3) is 0 Å². The molecule has 4 rings (SSSR count). The Bertz CT molecular complexity index is 436. The molecule has 3 atom stereocenters. The molecule has 1 aromatic rings. The summed E-state index contributed by atoms with van der Waals surface area (Å²) in [5.74, 6) is 2.06. The smallest absolute Gasteiger partial charge is 0.0366 e. The van der Waals surface area contributed by atoms with Gasteiger partial charge in [-0.15, -0.1) is 0 Å². The molecule has 1 heterocycles.